The Morgan fingerprint density at radius 1 is 1.48 bits per heavy atom. The monoisotopic (exact) mass is 324 g/mol. The second-order valence-corrected chi connectivity index (χ2v) is 6.58. The van der Waals surface area contributed by atoms with Crippen LogP contribution in [-0.2, 0) is 11.3 Å². The molecule has 21 heavy (non-hydrogen) atoms. The van der Waals surface area contributed by atoms with Gasteiger partial charge in [0, 0.05) is 12.6 Å². The number of rotatable bonds is 7. The Kier molecular flexibility index (Phi) is 5.81. The third kappa shape index (κ3) is 4.07. The molecular formula is C14H20N4OS2. The molecule has 2 heterocycles. The van der Waals surface area contributed by atoms with Crippen molar-refractivity contribution in [2.45, 2.75) is 44.9 Å². The molecule has 0 aliphatic rings. The summed E-state index contributed by atoms with van der Waals surface area (Å²) >= 11 is 3.08. The summed E-state index contributed by atoms with van der Waals surface area (Å²) in [5, 5.41) is 14.2. The molecule has 0 bridgehead atoms. The Morgan fingerprint density at radius 3 is 2.90 bits per heavy atom. The smallest absolute Gasteiger partial charge is 0.230 e. The zero-order chi connectivity index (χ0) is 15.2. The van der Waals surface area contributed by atoms with Gasteiger partial charge in [-0.2, -0.15) is 0 Å². The van der Waals surface area contributed by atoms with E-state index in [-0.39, 0.29) is 11.9 Å². The van der Waals surface area contributed by atoms with E-state index in [1.807, 2.05) is 29.0 Å². The maximum Gasteiger partial charge on any atom is 0.230 e. The third-order valence-corrected chi connectivity index (χ3v) is 4.96. The van der Waals surface area contributed by atoms with E-state index >= 15 is 0 Å². The van der Waals surface area contributed by atoms with Crippen LogP contribution in [0.3, 0.4) is 0 Å². The molecule has 2 aromatic rings. The van der Waals surface area contributed by atoms with Crippen molar-refractivity contribution in [3.05, 3.63) is 17.5 Å². The van der Waals surface area contributed by atoms with Gasteiger partial charge >= 0.3 is 0 Å². The van der Waals surface area contributed by atoms with Crippen molar-refractivity contribution < 1.29 is 4.79 Å². The first-order valence-electron chi connectivity index (χ1n) is 7.04. The number of nitrogens with zero attached hydrogens (tertiary/aromatic N) is 3. The molecule has 1 atom stereocenters. The highest BCUT2D eigenvalue weighted by Crippen LogP contribution is 2.26. The molecule has 2 rings (SSSR count). The largest absolute Gasteiger partial charge is 0.353 e. The Labute approximate surface area is 133 Å². The summed E-state index contributed by atoms with van der Waals surface area (Å²) in [6, 6.07) is 4.25. The van der Waals surface area contributed by atoms with Gasteiger partial charge in [0.15, 0.2) is 11.0 Å². The van der Waals surface area contributed by atoms with Gasteiger partial charge in [-0.25, -0.2) is 0 Å². The molecule has 7 heteroatoms. The minimum atomic E-state index is 0.0395. The summed E-state index contributed by atoms with van der Waals surface area (Å²) in [6.45, 7) is 6.91. The third-order valence-electron chi connectivity index (χ3n) is 3.13. The van der Waals surface area contributed by atoms with Crippen molar-refractivity contribution in [3.63, 3.8) is 0 Å². The molecule has 2 aromatic heterocycles. The fourth-order valence-electron chi connectivity index (χ4n) is 1.82. The van der Waals surface area contributed by atoms with Gasteiger partial charge in [-0.15, -0.1) is 21.5 Å². The fourth-order valence-corrected chi connectivity index (χ4v) is 3.35. The number of carbonyl (C=O) groups is 1. The molecule has 0 aliphatic heterocycles. The van der Waals surface area contributed by atoms with E-state index in [1.54, 1.807) is 11.3 Å². The molecule has 0 saturated heterocycles. The Hall–Kier alpha value is -1.34. The summed E-state index contributed by atoms with van der Waals surface area (Å²) < 4.78 is 2.05. The van der Waals surface area contributed by atoms with Crippen LogP contribution in [0.25, 0.3) is 10.7 Å². The number of thiophene rings is 1. The van der Waals surface area contributed by atoms with Crippen LogP contribution in [0.15, 0.2) is 22.7 Å². The number of carbonyl (C=O) groups excluding carboxylic acids is 1. The molecule has 1 unspecified atom stereocenters. The highest BCUT2D eigenvalue weighted by molar-refractivity contribution is 7.99. The number of hydrogen-bond donors (Lipinski definition) is 1. The van der Waals surface area contributed by atoms with Crippen molar-refractivity contribution >= 4 is 29.0 Å². The van der Waals surface area contributed by atoms with Crippen LogP contribution >= 0.6 is 23.1 Å². The van der Waals surface area contributed by atoms with Crippen molar-refractivity contribution in [1.82, 2.24) is 20.1 Å². The van der Waals surface area contributed by atoms with E-state index in [0.717, 1.165) is 28.8 Å². The predicted molar refractivity (Wildman–Crippen MR) is 87.6 cm³/mol. The van der Waals surface area contributed by atoms with Gasteiger partial charge in [-0.05, 0) is 31.7 Å². The summed E-state index contributed by atoms with van der Waals surface area (Å²) in [6.07, 6.45) is 0.935. The highest BCUT2D eigenvalue weighted by atomic mass is 32.2. The number of hydrogen-bond acceptors (Lipinski definition) is 5. The van der Waals surface area contributed by atoms with Crippen molar-refractivity contribution in [2.24, 2.45) is 0 Å². The average Bonchev–Trinajstić information content (AvgIpc) is 3.13. The normalized spacial score (nSPS) is 12.3. The van der Waals surface area contributed by atoms with Crippen LogP contribution in [0.2, 0.25) is 0 Å². The molecular weight excluding hydrogens is 304 g/mol. The molecule has 0 saturated carbocycles. The van der Waals surface area contributed by atoms with Gasteiger partial charge in [0.25, 0.3) is 0 Å². The fraction of sp³-hybridized carbons (Fsp3) is 0.500. The Morgan fingerprint density at radius 2 is 2.29 bits per heavy atom. The lowest BCUT2D eigenvalue weighted by Crippen LogP contribution is -2.33. The SMILES string of the molecule is CCC(C)NC(=O)CSc1nnc(-c2cccs2)n1CC. The minimum absolute atomic E-state index is 0.0395. The van der Waals surface area contributed by atoms with E-state index in [9.17, 15) is 4.79 Å². The van der Waals surface area contributed by atoms with E-state index in [0.29, 0.717) is 5.75 Å². The maximum absolute atomic E-state index is 11.8. The second kappa shape index (κ2) is 7.61. The van der Waals surface area contributed by atoms with Gasteiger partial charge in [-0.3, -0.25) is 4.79 Å². The molecule has 0 radical (unpaired) electrons. The first-order valence-corrected chi connectivity index (χ1v) is 8.91. The number of nitrogens with one attached hydrogen (secondary N) is 1. The molecule has 5 nitrogen and oxygen atoms in total. The molecule has 0 fully saturated rings. The van der Waals surface area contributed by atoms with Crippen LogP contribution < -0.4 is 5.32 Å². The maximum atomic E-state index is 11.8. The molecule has 0 aromatic carbocycles. The zero-order valence-electron chi connectivity index (χ0n) is 12.5. The van der Waals surface area contributed by atoms with Crippen LogP contribution in [0.1, 0.15) is 27.2 Å². The standard InChI is InChI=1S/C14H20N4OS2/c1-4-10(3)15-12(19)9-21-14-17-16-13(18(14)5-2)11-7-6-8-20-11/h6-8,10H,4-5,9H2,1-3H3,(H,15,19). The summed E-state index contributed by atoms with van der Waals surface area (Å²) in [5.74, 6) is 1.28. The van der Waals surface area contributed by atoms with Gasteiger partial charge < -0.3 is 9.88 Å². The van der Waals surface area contributed by atoms with Crippen LogP contribution in [0.5, 0.6) is 0 Å². The number of amides is 1. The van der Waals surface area contributed by atoms with Gasteiger partial charge in [0.05, 0.1) is 10.6 Å². The van der Waals surface area contributed by atoms with Gasteiger partial charge in [0.1, 0.15) is 0 Å². The molecule has 114 valence electrons. The topological polar surface area (TPSA) is 59.8 Å². The molecule has 1 amide bonds. The number of thioether (sulfide) groups is 1. The molecule has 0 aliphatic carbocycles. The van der Waals surface area contributed by atoms with Gasteiger partial charge in [0.2, 0.25) is 5.91 Å². The van der Waals surface area contributed by atoms with Crippen molar-refractivity contribution in [1.29, 1.82) is 0 Å². The zero-order valence-corrected chi connectivity index (χ0v) is 14.1. The van der Waals surface area contributed by atoms with E-state index < -0.39 is 0 Å². The first kappa shape index (κ1) is 16.0. The predicted octanol–water partition coefficient (Wildman–Crippen LogP) is 3.03. The Bertz CT molecular complexity index is 580. The molecule has 0 spiro atoms. The van der Waals surface area contributed by atoms with Crippen LogP contribution in [0, 0.1) is 0 Å². The lowest BCUT2D eigenvalue weighted by Gasteiger charge is -2.11. The van der Waals surface area contributed by atoms with Crippen LogP contribution in [0.4, 0.5) is 0 Å². The van der Waals surface area contributed by atoms with Crippen LogP contribution in [-0.4, -0.2) is 32.5 Å². The first-order chi connectivity index (χ1) is 10.2. The van der Waals surface area contributed by atoms with Gasteiger partial charge in [-0.1, -0.05) is 24.8 Å². The lowest BCUT2D eigenvalue weighted by atomic mass is 10.3. The van der Waals surface area contributed by atoms with E-state index in [4.69, 9.17) is 0 Å². The minimum Gasteiger partial charge on any atom is -0.353 e. The highest BCUT2D eigenvalue weighted by Gasteiger charge is 2.15. The molecule has 1 N–H and O–H groups in total. The van der Waals surface area contributed by atoms with E-state index in [1.165, 1.54) is 11.8 Å². The van der Waals surface area contributed by atoms with E-state index in [2.05, 4.69) is 29.4 Å². The Balaban J connectivity index is 2.03. The number of aromatic nitrogens is 3. The summed E-state index contributed by atoms with van der Waals surface area (Å²) in [4.78, 5) is 12.9. The average molecular weight is 324 g/mol. The van der Waals surface area contributed by atoms with Crippen molar-refractivity contribution in [3.8, 4) is 10.7 Å². The second-order valence-electron chi connectivity index (χ2n) is 4.69. The van der Waals surface area contributed by atoms with Crippen molar-refractivity contribution in [2.75, 3.05) is 5.75 Å². The summed E-state index contributed by atoms with van der Waals surface area (Å²) in [7, 11) is 0. The summed E-state index contributed by atoms with van der Waals surface area (Å²) in [5.41, 5.74) is 0. The lowest BCUT2D eigenvalue weighted by molar-refractivity contribution is -0.119. The quantitative estimate of drug-likeness (QED) is 0.795.